The molecule has 0 saturated carbocycles. The zero-order valence-corrected chi connectivity index (χ0v) is 12.6. The van der Waals surface area contributed by atoms with E-state index in [1.54, 1.807) is 13.8 Å². The van der Waals surface area contributed by atoms with Gasteiger partial charge in [0.15, 0.2) is 9.84 Å². The van der Waals surface area contributed by atoms with Gasteiger partial charge in [0.1, 0.15) is 0 Å². The highest BCUT2D eigenvalue weighted by Gasteiger charge is 2.17. The summed E-state index contributed by atoms with van der Waals surface area (Å²) < 4.78 is 23.8. The predicted molar refractivity (Wildman–Crippen MR) is 81.2 cm³/mol. The minimum atomic E-state index is -3.00. The van der Waals surface area contributed by atoms with E-state index in [0.717, 1.165) is 18.7 Å². The molecule has 2 N–H and O–H groups in total. The second-order valence-corrected chi connectivity index (χ2v) is 7.56. The molecule has 0 aliphatic heterocycles. The lowest BCUT2D eigenvalue weighted by atomic mass is 10.2. The molecule has 0 aliphatic carbocycles. The summed E-state index contributed by atoms with van der Waals surface area (Å²) in [6, 6.07) is 9.87. The van der Waals surface area contributed by atoms with Crippen molar-refractivity contribution in [1.29, 1.82) is 0 Å². The van der Waals surface area contributed by atoms with Crippen molar-refractivity contribution in [3.05, 3.63) is 30.3 Å². The van der Waals surface area contributed by atoms with Crippen LogP contribution in [-0.4, -0.2) is 39.1 Å². The largest absolute Gasteiger partial charge is 0.370 e. The molecule has 1 aromatic rings. The summed E-state index contributed by atoms with van der Waals surface area (Å²) in [4.78, 5) is 2.09. The Hall–Kier alpha value is -1.07. The fraction of sp³-hybridized carbons (Fsp3) is 0.571. The lowest BCUT2D eigenvalue weighted by molar-refractivity contribution is 0.585. The Balaban J connectivity index is 2.71. The van der Waals surface area contributed by atoms with Gasteiger partial charge in [-0.25, -0.2) is 8.42 Å². The van der Waals surface area contributed by atoms with Crippen molar-refractivity contribution < 1.29 is 8.42 Å². The average molecular weight is 284 g/mol. The smallest absolute Gasteiger partial charge is 0.154 e. The van der Waals surface area contributed by atoms with Gasteiger partial charge in [0.05, 0.1) is 11.0 Å². The first kappa shape index (κ1) is 16.0. The molecule has 5 heteroatoms. The molecule has 0 spiro atoms. The van der Waals surface area contributed by atoms with Crippen LogP contribution >= 0.6 is 0 Å². The summed E-state index contributed by atoms with van der Waals surface area (Å²) in [6.45, 7) is 5.36. The van der Waals surface area contributed by atoms with Crippen LogP contribution in [0.2, 0.25) is 0 Å². The second kappa shape index (κ2) is 7.50. The maximum Gasteiger partial charge on any atom is 0.154 e. The Morgan fingerprint density at radius 2 is 1.79 bits per heavy atom. The van der Waals surface area contributed by atoms with Crippen LogP contribution in [0.4, 0.5) is 5.69 Å². The van der Waals surface area contributed by atoms with E-state index in [2.05, 4.69) is 4.90 Å². The number of para-hydroxylation sites is 1. The first-order valence-corrected chi connectivity index (χ1v) is 8.40. The standard InChI is InChI=1S/C14H24N2O2S/c1-13(2)19(17,18)12-11-16(10-6-9-15)14-7-4-3-5-8-14/h3-5,7-8,13H,6,9-12,15H2,1-2H3. The lowest BCUT2D eigenvalue weighted by Gasteiger charge is -2.25. The van der Waals surface area contributed by atoms with Gasteiger partial charge < -0.3 is 10.6 Å². The van der Waals surface area contributed by atoms with Crippen LogP contribution in [0.1, 0.15) is 20.3 Å². The third-order valence-corrected chi connectivity index (χ3v) is 5.31. The molecule has 0 heterocycles. The van der Waals surface area contributed by atoms with E-state index in [1.165, 1.54) is 0 Å². The van der Waals surface area contributed by atoms with Crippen LogP contribution in [-0.2, 0) is 9.84 Å². The molecule has 0 radical (unpaired) electrons. The van der Waals surface area contributed by atoms with E-state index in [1.807, 2.05) is 30.3 Å². The van der Waals surface area contributed by atoms with E-state index >= 15 is 0 Å². The predicted octanol–water partition coefficient (Wildman–Crippen LogP) is 1.66. The molecule has 0 amide bonds. The number of sulfone groups is 1. The lowest BCUT2D eigenvalue weighted by Crippen LogP contribution is -2.33. The zero-order chi connectivity index (χ0) is 14.3. The highest BCUT2D eigenvalue weighted by molar-refractivity contribution is 7.92. The van der Waals surface area contributed by atoms with Crippen LogP contribution < -0.4 is 10.6 Å². The summed E-state index contributed by atoms with van der Waals surface area (Å²) in [7, 11) is -3.00. The van der Waals surface area contributed by atoms with Gasteiger partial charge in [-0.3, -0.25) is 0 Å². The summed E-state index contributed by atoms with van der Waals surface area (Å²) in [5.74, 6) is 0.185. The van der Waals surface area contributed by atoms with Crippen molar-refractivity contribution in [2.45, 2.75) is 25.5 Å². The second-order valence-electron chi connectivity index (χ2n) is 4.88. The molecule has 19 heavy (non-hydrogen) atoms. The Labute approximate surface area is 116 Å². The van der Waals surface area contributed by atoms with Crippen molar-refractivity contribution in [3.8, 4) is 0 Å². The Bertz CT molecular complexity index is 458. The normalized spacial score (nSPS) is 11.8. The third kappa shape index (κ3) is 5.20. The van der Waals surface area contributed by atoms with Gasteiger partial charge >= 0.3 is 0 Å². The SMILES string of the molecule is CC(C)S(=O)(=O)CCN(CCCN)c1ccccc1. The zero-order valence-electron chi connectivity index (χ0n) is 11.7. The van der Waals surface area contributed by atoms with E-state index < -0.39 is 9.84 Å². The number of benzene rings is 1. The van der Waals surface area contributed by atoms with E-state index in [0.29, 0.717) is 13.1 Å². The van der Waals surface area contributed by atoms with E-state index in [-0.39, 0.29) is 11.0 Å². The Morgan fingerprint density at radius 3 is 2.32 bits per heavy atom. The highest BCUT2D eigenvalue weighted by Crippen LogP contribution is 2.14. The fourth-order valence-electron chi connectivity index (χ4n) is 1.76. The highest BCUT2D eigenvalue weighted by atomic mass is 32.2. The minimum Gasteiger partial charge on any atom is -0.370 e. The van der Waals surface area contributed by atoms with Crippen molar-refractivity contribution in [2.24, 2.45) is 5.73 Å². The first-order valence-electron chi connectivity index (χ1n) is 6.69. The summed E-state index contributed by atoms with van der Waals surface area (Å²) >= 11 is 0. The minimum absolute atomic E-state index is 0.185. The molecule has 0 atom stereocenters. The number of nitrogens with two attached hydrogens (primary N) is 1. The van der Waals surface area contributed by atoms with Gasteiger partial charge in [0.25, 0.3) is 0 Å². The molecule has 0 bridgehead atoms. The van der Waals surface area contributed by atoms with E-state index in [4.69, 9.17) is 5.73 Å². The molecular weight excluding hydrogens is 260 g/mol. The van der Waals surface area contributed by atoms with Gasteiger partial charge in [-0.05, 0) is 38.9 Å². The molecule has 1 aromatic carbocycles. The fourth-order valence-corrected chi connectivity index (χ4v) is 2.71. The van der Waals surface area contributed by atoms with Crippen molar-refractivity contribution in [2.75, 3.05) is 30.3 Å². The maximum absolute atomic E-state index is 11.9. The molecule has 108 valence electrons. The van der Waals surface area contributed by atoms with Gasteiger partial charge in [-0.2, -0.15) is 0 Å². The van der Waals surface area contributed by atoms with Crippen LogP contribution in [0, 0.1) is 0 Å². The van der Waals surface area contributed by atoms with Gasteiger partial charge in [0, 0.05) is 18.8 Å². The monoisotopic (exact) mass is 284 g/mol. The number of hydrogen-bond acceptors (Lipinski definition) is 4. The quantitative estimate of drug-likeness (QED) is 0.788. The van der Waals surface area contributed by atoms with E-state index in [9.17, 15) is 8.42 Å². The summed E-state index contributed by atoms with van der Waals surface area (Å²) in [6.07, 6.45) is 0.858. The Morgan fingerprint density at radius 1 is 1.16 bits per heavy atom. The first-order chi connectivity index (χ1) is 8.97. The summed E-state index contributed by atoms with van der Waals surface area (Å²) in [5, 5.41) is -0.320. The number of anilines is 1. The molecule has 0 aromatic heterocycles. The molecular formula is C14H24N2O2S. The van der Waals surface area contributed by atoms with Crippen molar-refractivity contribution in [1.82, 2.24) is 0 Å². The molecule has 0 unspecified atom stereocenters. The topological polar surface area (TPSA) is 63.4 Å². The number of nitrogens with zero attached hydrogens (tertiary/aromatic N) is 1. The molecule has 4 nitrogen and oxygen atoms in total. The van der Waals surface area contributed by atoms with Crippen LogP contribution in [0.3, 0.4) is 0 Å². The molecule has 1 rings (SSSR count). The number of rotatable bonds is 8. The molecule has 0 aliphatic rings. The van der Waals surface area contributed by atoms with Crippen LogP contribution in [0.25, 0.3) is 0 Å². The van der Waals surface area contributed by atoms with Crippen molar-refractivity contribution in [3.63, 3.8) is 0 Å². The van der Waals surface area contributed by atoms with Crippen molar-refractivity contribution >= 4 is 15.5 Å². The third-order valence-electron chi connectivity index (χ3n) is 3.12. The van der Waals surface area contributed by atoms with Crippen LogP contribution in [0.15, 0.2) is 30.3 Å². The van der Waals surface area contributed by atoms with Gasteiger partial charge in [-0.1, -0.05) is 18.2 Å². The molecule has 0 saturated heterocycles. The number of hydrogen-bond donors (Lipinski definition) is 1. The Kier molecular flexibility index (Phi) is 6.31. The average Bonchev–Trinajstić information content (AvgIpc) is 2.39. The maximum atomic E-state index is 11.9. The summed E-state index contributed by atoms with van der Waals surface area (Å²) in [5.41, 5.74) is 6.59. The molecule has 0 fully saturated rings. The van der Waals surface area contributed by atoms with Crippen LogP contribution in [0.5, 0.6) is 0 Å². The van der Waals surface area contributed by atoms with Gasteiger partial charge in [0.2, 0.25) is 0 Å². The van der Waals surface area contributed by atoms with Gasteiger partial charge in [-0.15, -0.1) is 0 Å².